The fourth-order valence-electron chi connectivity index (χ4n) is 4.00. The van der Waals surface area contributed by atoms with E-state index in [2.05, 4.69) is 40.8 Å². The van der Waals surface area contributed by atoms with Crippen LogP contribution in [0.5, 0.6) is 5.19 Å². The van der Waals surface area contributed by atoms with Gasteiger partial charge in [-0.1, -0.05) is 30.3 Å². The largest absolute Gasteiger partial charge is 0.619 e. The molecule has 0 radical (unpaired) electrons. The highest BCUT2D eigenvalue weighted by Crippen LogP contribution is 2.32. The van der Waals surface area contributed by atoms with Crippen molar-refractivity contribution in [3.8, 4) is 16.5 Å². The van der Waals surface area contributed by atoms with Crippen molar-refractivity contribution in [3.63, 3.8) is 0 Å². The maximum absolute atomic E-state index is 11.3. The van der Waals surface area contributed by atoms with Crippen LogP contribution in [0.1, 0.15) is 45.4 Å². The zero-order valence-corrected chi connectivity index (χ0v) is 19.7. The van der Waals surface area contributed by atoms with Gasteiger partial charge in [0, 0.05) is 36.7 Å². The van der Waals surface area contributed by atoms with E-state index < -0.39 is 0 Å². The number of hydrogen-bond donors (Lipinski definition) is 0. The molecule has 4 aromatic rings. The van der Waals surface area contributed by atoms with Crippen LogP contribution in [-0.4, -0.2) is 39.3 Å². The van der Waals surface area contributed by atoms with Crippen LogP contribution in [0.3, 0.4) is 0 Å². The zero-order valence-electron chi connectivity index (χ0n) is 18.8. The highest BCUT2D eigenvalue weighted by molar-refractivity contribution is 7.19. The van der Waals surface area contributed by atoms with Crippen LogP contribution in [0.2, 0.25) is 0 Å². The molecule has 33 heavy (non-hydrogen) atoms. The van der Waals surface area contributed by atoms with Gasteiger partial charge in [0.1, 0.15) is 16.5 Å². The molecule has 4 aromatic heterocycles. The quantitative estimate of drug-likeness (QED) is 0.308. The molecule has 0 spiro atoms. The van der Waals surface area contributed by atoms with Crippen LogP contribution >= 0.6 is 11.3 Å². The number of nitrogens with zero attached hydrogens (tertiary/aromatic N) is 6. The average molecular weight is 467 g/mol. The third kappa shape index (κ3) is 4.61. The second-order valence-electron chi connectivity index (χ2n) is 8.68. The van der Waals surface area contributed by atoms with Crippen molar-refractivity contribution >= 4 is 27.7 Å². The first-order valence-corrected chi connectivity index (χ1v) is 12.0. The third-order valence-corrected chi connectivity index (χ3v) is 6.90. The molecule has 5 heterocycles. The van der Waals surface area contributed by atoms with E-state index in [4.69, 9.17) is 14.2 Å². The van der Waals surface area contributed by atoms with E-state index in [0.29, 0.717) is 17.1 Å². The second kappa shape index (κ2) is 8.93. The van der Waals surface area contributed by atoms with Gasteiger partial charge in [0.2, 0.25) is 0 Å². The van der Waals surface area contributed by atoms with E-state index in [-0.39, 0.29) is 12.0 Å². The van der Waals surface area contributed by atoms with Crippen LogP contribution in [-0.2, 0) is 0 Å². The van der Waals surface area contributed by atoms with Crippen molar-refractivity contribution < 1.29 is 14.0 Å². The van der Waals surface area contributed by atoms with Gasteiger partial charge < -0.3 is 19.4 Å². The normalized spacial score (nSPS) is 15.9. The number of hydrogen-bond acceptors (Lipinski definition) is 9. The number of pyridine rings is 2. The van der Waals surface area contributed by atoms with E-state index >= 15 is 0 Å². The SMILES string of the molecule is CC(C)c1noc(N2CCC(C(C)Oc3nc4ccc(-c5cc[n+]([O-])cc5)nc4s3)CC2)n1. The van der Waals surface area contributed by atoms with Crippen LogP contribution in [0, 0.1) is 11.1 Å². The predicted octanol–water partition coefficient (Wildman–Crippen LogP) is 4.18. The minimum absolute atomic E-state index is 0.0442. The molecule has 0 aliphatic carbocycles. The summed E-state index contributed by atoms with van der Waals surface area (Å²) >= 11 is 1.45. The summed E-state index contributed by atoms with van der Waals surface area (Å²) in [6.45, 7) is 7.95. The average Bonchev–Trinajstić information content (AvgIpc) is 3.46. The first-order valence-electron chi connectivity index (χ1n) is 11.2. The molecule has 0 saturated carbocycles. The van der Waals surface area contributed by atoms with Gasteiger partial charge in [0.25, 0.3) is 5.19 Å². The third-order valence-electron chi connectivity index (χ3n) is 6.04. The fraction of sp³-hybridized carbons (Fsp3) is 0.435. The number of thiazole rings is 1. The fourth-order valence-corrected chi connectivity index (χ4v) is 4.87. The molecule has 0 amide bonds. The molecule has 1 aliphatic rings. The van der Waals surface area contributed by atoms with Gasteiger partial charge in [0.05, 0.1) is 5.69 Å². The molecule has 0 N–H and O–H groups in total. The van der Waals surface area contributed by atoms with Crippen LogP contribution in [0.15, 0.2) is 41.2 Å². The van der Waals surface area contributed by atoms with Crippen molar-refractivity contribution in [2.75, 3.05) is 18.0 Å². The molecule has 0 bridgehead atoms. The van der Waals surface area contributed by atoms with Gasteiger partial charge >= 0.3 is 6.01 Å². The Labute approximate surface area is 195 Å². The first kappa shape index (κ1) is 21.6. The molecule has 9 nitrogen and oxygen atoms in total. The molecule has 1 unspecified atom stereocenters. The van der Waals surface area contributed by atoms with Crippen molar-refractivity contribution in [1.82, 2.24) is 20.1 Å². The maximum Gasteiger partial charge on any atom is 0.324 e. The summed E-state index contributed by atoms with van der Waals surface area (Å²) in [6, 6.07) is 7.98. The summed E-state index contributed by atoms with van der Waals surface area (Å²) < 4.78 is 12.4. The molecule has 0 aromatic carbocycles. The van der Waals surface area contributed by atoms with E-state index in [9.17, 15) is 5.21 Å². The predicted molar refractivity (Wildman–Crippen MR) is 125 cm³/mol. The Balaban J connectivity index is 1.22. The minimum atomic E-state index is 0.0442. The van der Waals surface area contributed by atoms with Gasteiger partial charge in [-0.2, -0.15) is 9.71 Å². The molecule has 1 aliphatic heterocycles. The van der Waals surface area contributed by atoms with Crippen LogP contribution in [0.25, 0.3) is 21.6 Å². The summed E-state index contributed by atoms with van der Waals surface area (Å²) in [7, 11) is 0. The number of piperidine rings is 1. The second-order valence-corrected chi connectivity index (χ2v) is 9.62. The molecule has 10 heteroatoms. The highest BCUT2D eigenvalue weighted by Gasteiger charge is 2.28. The molecule has 1 atom stereocenters. The summed E-state index contributed by atoms with van der Waals surface area (Å²) in [6.07, 6.45) is 4.96. The number of rotatable bonds is 6. The Hall–Kier alpha value is -3.27. The molecule has 5 rings (SSSR count). The standard InChI is InChI=1S/C23H26N6O3S/c1-14(2)20-26-22(32-27-20)28-10-6-16(7-11-28)15(3)31-23-25-19-5-4-18(24-21(19)33-23)17-8-12-29(30)13-9-17/h4-5,8-9,12-16H,6-7,10-11H2,1-3H3. The van der Waals surface area contributed by atoms with Gasteiger partial charge in [-0.15, -0.1) is 0 Å². The lowest BCUT2D eigenvalue weighted by Gasteiger charge is -2.33. The first-order chi connectivity index (χ1) is 16.0. The molecule has 172 valence electrons. The Morgan fingerprint density at radius 1 is 1.09 bits per heavy atom. The maximum atomic E-state index is 11.3. The monoisotopic (exact) mass is 466 g/mol. The summed E-state index contributed by atoms with van der Waals surface area (Å²) in [5, 5.41) is 16.0. The van der Waals surface area contributed by atoms with E-state index in [1.165, 1.54) is 23.7 Å². The summed E-state index contributed by atoms with van der Waals surface area (Å²) in [5.74, 6) is 1.43. The smallest absolute Gasteiger partial charge is 0.324 e. The van der Waals surface area contributed by atoms with Crippen LogP contribution in [0.4, 0.5) is 6.01 Å². The van der Waals surface area contributed by atoms with E-state index in [0.717, 1.165) is 58.1 Å². The van der Waals surface area contributed by atoms with Crippen molar-refractivity contribution in [3.05, 3.63) is 47.7 Å². The summed E-state index contributed by atoms with van der Waals surface area (Å²) in [4.78, 5) is 16.8. The summed E-state index contributed by atoms with van der Waals surface area (Å²) in [5.41, 5.74) is 2.51. The molecule has 1 fully saturated rings. The van der Waals surface area contributed by atoms with E-state index in [1.807, 2.05) is 12.1 Å². The lowest BCUT2D eigenvalue weighted by atomic mass is 9.92. The molecular formula is C23H26N6O3S. The van der Waals surface area contributed by atoms with Crippen LogP contribution < -0.4 is 14.4 Å². The topological polar surface area (TPSA) is 104 Å². The number of ether oxygens (including phenoxy) is 1. The Morgan fingerprint density at radius 3 is 2.55 bits per heavy atom. The Morgan fingerprint density at radius 2 is 1.85 bits per heavy atom. The number of fused-ring (bicyclic) bond motifs is 1. The Bertz CT molecular complexity index is 1230. The van der Waals surface area contributed by atoms with E-state index in [1.54, 1.807) is 12.1 Å². The Kier molecular flexibility index (Phi) is 5.84. The number of aromatic nitrogens is 5. The lowest BCUT2D eigenvalue weighted by Crippen LogP contribution is -2.38. The van der Waals surface area contributed by atoms with Crippen molar-refractivity contribution in [1.29, 1.82) is 0 Å². The lowest BCUT2D eigenvalue weighted by molar-refractivity contribution is -0.605. The van der Waals surface area contributed by atoms with Gasteiger partial charge in [-0.25, -0.2) is 9.97 Å². The van der Waals surface area contributed by atoms with Crippen molar-refractivity contribution in [2.45, 2.75) is 45.6 Å². The highest BCUT2D eigenvalue weighted by atomic mass is 32.1. The van der Waals surface area contributed by atoms with Gasteiger partial charge in [-0.3, -0.25) is 0 Å². The number of anilines is 1. The zero-order chi connectivity index (χ0) is 22.9. The molecule has 1 saturated heterocycles. The van der Waals surface area contributed by atoms with Crippen molar-refractivity contribution in [2.24, 2.45) is 5.92 Å². The van der Waals surface area contributed by atoms with Gasteiger partial charge in [-0.05, 0) is 37.8 Å². The molecular weight excluding hydrogens is 440 g/mol. The minimum Gasteiger partial charge on any atom is -0.619 e. The van der Waals surface area contributed by atoms with Gasteiger partial charge in [0.15, 0.2) is 18.2 Å².